The highest BCUT2D eigenvalue weighted by Crippen LogP contribution is 2.23. The number of rotatable bonds is 2. The minimum absolute atomic E-state index is 0. The molecule has 0 spiro atoms. The Balaban J connectivity index is 0.00000144. The highest BCUT2D eigenvalue weighted by atomic mass is 35.5. The predicted molar refractivity (Wildman–Crippen MR) is 66.1 cm³/mol. The second kappa shape index (κ2) is 5.51. The Morgan fingerprint density at radius 1 is 1.71 bits per heavy atom. The number of nitrogens with two attached hydrogens (primary N) is 1. The monoisotopic (exact) mass is 259 g/mol. The zero-order valence-corrected chi connectivity index (χ0v) is 10.9. The summed E-state index contributed by atoms with van der Waals surface area (Å²) in [7, 11) is 0. The van der Waals surface area contributed by atoms with Crippen molar-refractivity contribution in [1.82, 2.24) is 10.1 Å². The Morgan fingerprint density at radius 3 is 2.88 bits per heavy atom. The molecule has 1 amide bonds. The molecular weight excluding hydrogens is 242 g/mol. The summed E-state index contributed by atoms with van der Waals surface area (Å²) < 4.78 is 4.91. The fourth-order valence-corrected chi connectivity index (χ4v) is 2.21. The molecule has 0 saturated carbocycles. The standard InChI is InChI=1S/C11H17N3O2.ClH/c1-7-3-9(5-12)6-14(7)11(15)10-4-8(2)16-13-10;/h4,7,9H,3,5-6,12H2,1-2H3;1H. The van der Waals surface area contributed by atoms with Crippen molar-refractivity contribution in [2.75, 3.05) is 13.1 Å². The molecule has 1 aliphatic rings. The van der Waals surface area contributed by atoms with Crippen molar-refractivity contribution >= 4 is 18.3 Å². The molecule has 2 rings (SSSR count). The van der Waals surface area contributed by atoms with E-state index in [2.05, 4.69) is 5.16 Å². The third kappa shape index (κ3) is 2.79. The van der Waals surface area contributed by atoms with E-state index in [9.17, 15) is 4.79 Å². The molecule has 1 aromatic rings. The Labute approximate surface area is 107 Å². The highest BCUT2D eigenvalue weighted by molar-refractivity contribution is 5.92. The van der Waals surface area contributed by atoms with Crippen molar-refractivity contribution in [3.63, 3.8) is 0 Å². The van der Waals surface area contributed by atoms with Crippen molar-refractivity contribution < 1.29 is 9.32 Å². The second-order valence-corrected chi connectivity index (χ2v) is 4.47. The molecule has 1 aromatic heterocycles. The van der Waals surface area contributed by atoms with Crippen molar-refractivity contribution in [3.8, 4) is 0 Å². The van der Waals surface area contributed by atoms with Gasteiger partial charge < -0.3 is 15.2 Å². The molecule has 2 N–H and O–H groups in total. The predicted octanol–water partition coefficient (Wildman–Crippen LogP) is 1.21. The SMILES string of the molecule is Cc1cc(C(=O)N2CC(CN)CC2C)no1.Cl. The van der Waals surface area contributed by atoms with Crippen LogP contribution >= 0.6 is 12.4 Å². The zero-order valence-electron chi connectivity index (χ0n) is 10.0. The first-order valence-electron chi connectivity index (χ1n) is 5.56. The summed E-state index contributed by atoms with van der Waals surface area (Å²) in [5.41, 5.74) is 6.02. The number of aromatic nitrogens is 1. The van der Waals surface area contributed by atoms with Gasteiger partial charge in [0.25, 0.3) is 5.91 Å². The number of nitrogens with zero attached hydrogens (tertiary/aromatic N) is 2. The van der Waals surface area contributed by atoms with E-state index in [0.717, 1.165) is 13.0 Å². The van der Waals surface area contributed by atoms with Gasteiger partial charge in [0.2, 0.25) is 0 Å². The number of hydrogen-bond donors (Lipinski definition) is 1. The molecular formula is C11H18ClN3O2. The van der Waals surface area contributed by atoms with Crippen LogP contribution in [0.1, 0.15) is 29.6 Å². The lowest BCUT2D eigenvalue weighted by molar-refractivity contribution is 0.0733. The van der Waals surface area contributed by atoms with Gasteiger partial charge in [0.1, 0.15) is 5.76 Å². The van der Waals surface area contributed by atoms with Crippen LogP contribution in [0, 0.1) is 12.8 Å². The summed E-state index contributed by atoms with van der Waals surface area (Å²) in [5.74, 6) is 1.01. The number of aryl methyl sites for hydroxylation is 1. The molecule has 6 heteroatoms. The Bertz CT molecular complexity index is 394. The lowest BCUT2D eigenvalue weighted by Gasteiger charge is -2.19. The van der Waals surface area contributed by atoms with Crippen molar-refractivity contribution in [2.24, 2.45) is 11.7 Å². The molecule has 1 fully saturated rings. The summed E-state index contributed by atoms with van der Waals surface area (Å²) >= 11 is 0. The van der Waals surface area contributed by atoms with E-state index < -0.39 is 0 Å². The minimum Gasteiger partial charge on any atom is -0.361 e. The fourth-order valence-electron chi connectivity index (χ4n) is 2.21. The first-order valence-corrected chi connectivity index (χ1v) is 5.56. The number of likely N-dealkylation sites (tertiary alicyclic amines) is 1. The Hall–Kier alpha value is -1.07. The second-order valence-electron chi connectivity index (χ2n) is 4.47. The third-order valence-corrected chi connectivity index (χ3v) is 3.10. The number of carbonyl (C=O) groups is 1. The van der Waals surface area contributed by atoms with Crippen LogP contribution in [-0.2, 0) is 0 Å². The zero-order chi connectivity index (χ0) is 11.7. The molecule has 0 aromatic carbocycles. The van der Waals surface area contributed by atoms with Crippen LogP contribution in [0.4, 0.5) is 0 Å². The van der Waals surface area contributed by atoms with E-state index in [1.807, 2.05) is 11.8 Å². The first kappa shape index (κ1) is 14.0. The van der Waals surface area contributed by atoms with Crippen molar-refractivity contribution in [2.45, 2.75) is 26.3 Å². The summed E-state index contributed by atoms with van der Waals surface area (Å²) in [6.07, 6.45) is 0.971. The van der Waals surface area contributed by atoms with Crippen LogP contribution in [0.15, 0.2) is 10.6 Å². The van der Waals surface area contributed by atoms with E-state index in [4.69, 9.17) is 10.3 Å². The smallest absolute Gasteiger partial charge is 0.276 e. The van der Waals surface area contributed by atoms with Gasteiger partial charge in [-0.05, 0) is 32.7 Å². The van der Waals surface area contributed by atoms with Crippen LogP contribution in [0.5, 0.6) is 0 Å². The molecule has 0 radical (unpaired) electrons. The Morgan fingerprint density at radius 2 is 2.41 bits per heavy atom. The molecule has 96 valence electrons. The van der Waals surface area contributed by atoms with Gasteiger partial charge >= 0.3 is 0 Å². The molecule has 0 bridgehead atoms. The van der Waals surface area contributed by atoms with Gasteiger partial charge in [-0.3, -0.25) is 4.79 Å². The van der Waals surface area contributed by atoms with Gasteiger partial charge in [-0.15, -0.1) is 12.4 Å². The molecule has 2 unspecified atom stereocenters. The van der Waals surface area contributed by atoms with Gasteiger partial charge in [0, 0.05) is 18.7 Å². The van der Waals surface area contributed by atoms with Crippen LogP contribution < -0.4 is 5.73 Å². The maximum Gasteiger partial charge on any atom is 0.276 e. The lowest BCUT2D eigenvalue weighted by Crippen LogP contribution is -2.34. The normalized spacial score (nSPS) is 23.6. The number of hydrogen-bond acceptors (Lipinski definition) is 4. The van der Waals surface area contributed by atoms with Crippen molar-refractivity contribution in [3.05, 3.63) is 17.5 Å². The molecule has 1 aliphatic heterocycles. The topological polar surface area (TPSA) is 72.4 Å². The average molecular weight is 260 g/mol. The first-order chi connectivity index (χ1) is 7.61. The lowest BCUT2D eigenvalue weighted by atomic mass is 10.1. The largest absolute Gasteiger partial charge is 0.361 e. The minimum atomic E-state index is -0.0553. The summed E-state index contributed by atoms with van der Waals surface area (Å²) in [6.45, 7) is 5.18. The van der Waals surface area contributed by atoms with Crippen LogP contribution in [0.3, 0.4) is 0 Å². The summed E-state index contributed by atoms with van der Waals surface area (Å²) in [4.78, 5) is 13.9. The van der Waals surface area contributed by atoms with Crippen LogP contribution in [0.2, 0.25) is 0 Å². The number of halogens is 1. The molecule has 2 atom stereocenters. The summed E-state index contributed by atoms with van der Waals surface area (Å²) in [5, 5.41) is 3.75. The highest BCUT2D eigenvalue weighted by Gasteiger charge is 2.33. The van der Waals surface area contributed by atoms with Gasteiger partial charge in [-0.2, -0.15) is 0 Å². The molecule has 2 heterocycles. The maximum atomic E-state index is 12.1. The third-order valence-electron chi connectivity index (χ3n) is 3.10. The van der Waals surface area contributed by atoms with E-state index in [1.54, 1.807) is 13.0 Å². The molecule has 1 saturated heterocycles. The van der Waals surface area contributed by atoms with Crippen LogP contribution in [-0.4, -0.2) is 35.1 Å². The fraction of sp³-hybridized carbons (Fsp3) is 0.636. The molecule has 17 heavy (non-hydrogen) atoms. The molecule has 0 aliphatic carbocycles. The number of amides is 1. The number of carbonyl (C=O) groups excluding carboxylic acids is 1. The van der Waals surface area contributed by atoms with Gasteiger partial charge in [0.05, 0.1) is 0 Å². The molecule has 5 nitrogen and oxygen atoms in total. The van der Waals surface area contributed by atoms with Crippen LogP contribution in [0.25, 0.3) is 0 Å². The average Bonchev–Trinajstić information content (AvgIpc) is 2.83. The van der Waals surface area contributed by atoms with Gasteiger partial charge in [0.15, 0.2) is 5.69 Å². The van der Waals surface area contributed by atoms with E-state index in [-0.39, 0.29) is 24.4 Å². The quantitative estimate of drug-likeness (QED) is 0.867. The van der Waals surface area contributed by atoms with E-state index >= 15 is 0 Å². The van der Waals surface area contributed by atoms with Crippen molar-refractivity contribution in [1.29, 1.82) is 0 Å². The Kier molecular flexibility index (Phi) is 4.54. The van der Waals surface area contributed by atoms with Gasteiger partial charge in [-0.25, -0.2) is 0 Å². The van der Waals surface area contributed by atoms with E-state index in [0.29, 0.717) is 23.9 Å². The maximum absolute atomic E-state index is 12.1. The van der Waals surface area contributed by atoms with Gasteiger partial charge in [-0.1, -0.05) is 5.16 Å². The summed E-state index contributed by atoms with van der Waals surface area (Å²) in [6, 6.07) is 1.91. The van der Waals surface area contributed by atoms with E-state index in [1.165, 1.54) is 0 Å².